The number of nitrogens with one attached hydrogen (secondary N) is 1. The van der Waals surface area contributed by atoms with Crippen LogP contribution >= 0.6 is 0 Å². The van der Waals surface area contributed by atoms with Crippen LogP contribution in [0.15, 0.2) is 61.1 Å². The second-order valence-corrected chi connectivity index (χ2v) is 8.76. The molecular formula is C27H23F4N5O4. The third-order valence-electron chi connectivity index (χ3n) is 5.99. The summed E-state index contributed by atoms with van der Waals surface area (Å²) in [7, 11) is 0. The molecule has 0 bridgehead atoms. The van der Waals surface area contributed by atoms with Crippen LogP contribution in [0.25, 0.3) is 22.2 Å². The molecule has 0 fully saturated rings. The van der Waals surface area contributed by atoms with Crippen LogP contribution < -0.4 is 15.8 Å². The molecule has 2 heterocycles. The quantitative estimate of drug-likeness (QED) is 0.268. The summed E-state index contributed by atoms with van der Waals surface area (Å²) >= 11 is 0. The van der Waals surface area contributed by atoms with E-state index in [1.165, 1.54) is 42.9 Å². The summed E-state index contributed by atoms with van der Waals surface area (Å²) in [5, 5.41) is 13.6. The number of primary amides is 1. The number of aromatic nitrogens is 3. The smallest absolute Gasteiger partial charge is 0.424 e. The van der Waals surface area contributed by atoms with E-state index in [9.17, 15) is 32.3 Å². The lowest BCUT2D eigenvalue weighted by molar-refractivity contribution is -0.265. The highest BCUT2D eigenvalue weighted by Gasteiger charge is 2.56. The maximum atomic E-state index is 14.5. The van der Waals surface area contributed by atoms with Gasteiger partial charge in [0, 0.05) is 28.3 Å². The fourth-order valence-electron chi connectivity index (χ4n) is 4.00. The number of carbonyl (C=O) groups is 2. The van der Waals surface area contributed by atoms with Gasteiger partial charge < -0.3 is 20.9 Å². The summed E-state index contributed by atoms with van der Waals surface area (Å²) in [4.78, 5) is 36.5. The highest BCUT2D eigenvalue weighted by molar-refractivity contribution is 5.97. The first-order chi connectivity index (χ1) is 18.9. The molecule has 208 valence electrons. The van der Waals surface area contributed by atoms with Gasteiger partial charge in [-0.25, -0.2) is 19.3 Å². The molecule has 0 saturated carbocycles. The molecular weight excluding hydrogens is 534 g/mol. The van der Waals surface area contributed by atoms with Crippen molar-refractivity contribution < 1.29 is 37.0 Å². The zero-order valence-electron chi connectivity index (χ0n) is 21.0. The van der Waals surface area contributed by atoms with Gasteiger partial charge in [-0.3, -0.25) is 9.59 Å². The van der Waals surface area contributed by atoms with Crippen LogP contribution in [0.5, 0.6) is 5.75 Å². The molecule has 0 spiro atoms. The van der Waals surface area contributed by atoms with Crippen LogP contribution in [0.1, 0.15) is 28.5 Å². The number of nitrogens with two attached hydrogens (primary N) is 1. The number of hydrogen-bond acceptors (Lipinski definition) is 7. The highest BCUT2D eigenvalue weighted by Crippen LogP contribution is 2.42. The number of nitrogens with zero attached hydrogens (tertiary/aromatic N) is 3. The fourth-order valence-corrected chi connectivity index (χ4v) is 4.00. The van der Waals surface area contributed by atoms with E-state index in [1.54, 1.807) is 6.92 Å². The Bertz CT molecular complexity index is 1560. The molecule has 0 saturated heterocycles. The number of benzene rings is 2. The van der Waals surface area contributed by atoms with Gasteiger partial charge in [-0.1, -0.05) is 0 Å². The van der Waals surface area contributed by atoms with Crippen molar-refractivity contribution >= 4 is 22.7 Å². The Kier molecular flexibility index (Phi) is 7.96. The minimum atomic E-state index is -5.33. The summed E-state index contributed by atoms with van der Waals surface area (Å²) in [5.74, 6) is -2.45. The third kappa shape index (κ3) is 5.83. The Hall–Kier alpha value is -4.65. The average molecular weight is 558 g/mol. The van der Waals surface area contributed by atoms with Crippen molar-refractivity contribution in [2.24, 2.45) is 5.73 Å². The van der Waals surface area contributed by atoms with E-state index in [2.05, 4.69) is 20.3 Å². The predicted octanol–water partition coefficient (Wildman–Crippen LogP) is 3.44. The molecule has 0 radical (unpaired) electrons. The fraction of sp³-hybridized carbons (Fsp3) is 0.222. The van der Waals surface area contributed by atoms with E-state index in [4.69, 9.17) is 10.5 Å². The van der Waals surface area contributed by atoms with Crippen LogP contribution in [-0.2, 0) is 16.8 Å². The maximum absolute atomic E-state index is 14.5. The first-order valence-electron chi connectivity index (χ1n) is 11.9. The Morgan fingerprint density at radius 3 is 2.48 bits per heavy atom. The molecule has 0 unspecified atom stereocenters. The van der Waals surface area contributed by atoms with Crippen molar-refractivity contribution in [2.45, 2.75) is 25.1 Å². The molecule has 0 aliphatic heterocycles. The number of hydrogen-bond donors (Lipinski definition) is 3. The normalized spacial score (nSPS) is 13.1. The monoisotopic (exact) mass is 557 g/mol. The molecule has 4 N–H and O–H groups in total. The first-order valence-corrected chi connectivity index (χ1v) is 11.9. The lowest BCUT2D eigenvalue weighted by Gasteiger charge is -2.31. The summed E-state index contributed by atoms with van der Waals surface area (Å²) in [5.41, 5.74) is 1.13. The van der Waals surface area contributed by atoms with Gasteiger partial charge in [-0.2, -0.15) is 13.2 Å². The molecule has 2 aromatic heterocycles. The van der Waals surface area contributed by atoms with Gasteiger partial charge in [-0.05, 0) is 55.5 Å². The van der Waals surface area contributed by atoms with Crippen molar-refractivity contribution in [3.63, 3.8) is 0 Å². The van der Waals surface area contributed by atoms with E-state index in [-0.39, 0.29) is 34.7 Å². The number of fused-ring (bicyclic) bond motifs is 1. The zero-order valence-corrected chi connectivity index (χ0v) is 21.0. The SMILES string of the molecule is CCOc1c(CC(N)=O)cc([C@@](O)(CNC(=O)c2ccc3ncncc3c2)C(F)(F)F)nc1-c1ccc(F)cc1. The Labute approximate surface area is 225 Å². The van der Waals surface area contributed by atoms with Gasteiger partial charge in [0.2, 0.25) is 11.5 Å². The predicted molar refractivity (Wildman–Crippen MR) is 136 cm³/mol. The van der Waals surface area contributed by atoms with Gasteiger partial charge in [0.1, 0.15) is 23.6 Å². The second kappa shape index (κ2) is 11.2. The number of ether oxygens (including phenoxy) is 1. The number of rotatable bonds is 9. The standard InChI is InChI=1S/C27H23F4N5O4/c1-2-40-24-17(11-22(32)37)10-21(36-23(24)15-3-6-19(28)7-4-15)26(39,27(29,30)31)13-34-25(38)16-5-8-20-18(9-16)12-33-14-35-20/h3-10,12,14,39H,2,11,13H2,1H3,(H2,32,37)(H,34,38)/t26-/m0/s1. The van der Waals surface area contributed by atoms with Crippen LogP contribution in [0.3, 0.4) is 0 Å². The van der Waals surface area contributed by atoms with E-state index in [0.29, 0.717) is 10.9 Å². The zero-order chi connectivity index (χ0) is 29.1. The Morgan fingerprint density at radius 1 is 1.10 bits per heavy atom. The number of carbonyl (C=O) groups excluding carboxylic acids is 2. The molecule has 40 heavy (non-hydrogen) atoms. The summed E-state index contributed by atoms with van der Waals surface area (Å²) in [6.07, 6.45) is -3.13. The van der Waals surface area contributed by atoms with Crippen LogP contribution in [0.4, 0.5) is 17.6 Å². The number of halogens is 4. The van der Waals surface area contributed by atoms with Crippen molar-refractivity contribution in [2.75, 3.05) is 13.2 Å². The molecule has 2 amide bonds. The van der Waals surface area contributed by atoms with Crippen molar-refractivity contribution in [3.8, 4) is 17.0 Å². The number of alkyl halides is 3. The minimum Gasteiger partial charge on any atom is -0.491 e. The van der Waals surface area contributed by atoms with Crippen LogP contribution in [0, 0.1) is 5.82 Å². The lowest BCUT2D eigenvalue weighted by Crippen LogP contribution is -2.51. The van der Waals surface area contributed by atoms with E-state index in [1.807, 2.05) is 0 Å². The van der Waals surface area contributed by atoms with E-state index in [0.717, 1.165) is 18.2 Å². The third-order valence-corrected chi connectivity index (χ3v) is 5.99. The van der Waals surface area contributed by atoms with Gasteiger partial charge in [0.05, 0.1) is 30.8 Å². The van der Waals surface area contributed by atoms with Crippen LogP contribution in [0.2, 0.25) is 0 Å². The van der Waals surface area contributed by atoms with Gasteiger partial charge in [-0.15, -0.1) is 0 Å². The second-order valence-electron chi connectivity index (χ2n) is 8.76. The number of amides is 2. The molecule has 0 aliphatic rings. The van der Waals surface area contributed by atoms with Gasteiger partial charge in [0.25, 0.3) is 5.91 Å². The summed E-state index contributed by atoms with van der Waals surface area (Å²) < 4.78 is 62.5. The molecule has 13 heteroatoms. The topological polar surface area (TPSA) is 140 Å². The first kappa shape index (κ1) is 28.4. The van der Waals surface area contributed by atoms with E-state index >= 15 is 0 Å². The van der Waals surface area contributed by atoms with Crippen molar-refractivity contribution in [1.82, 2.24) is 20.3 Å². The molecule has 2 aromatic carbocycles. The minimum absolute atomic E-state index is 0.00731. The summed E-state index contributed by atoms with van der Waals surface area (Å²) in [6, 6.07) is 9.77. The van der Waals surface area contributed by atoms with Crippen molar-refractivity contribution in [1.29, 1.82) is 0 Å². The highest BCUT2D eigenvalue weighted by atomic mass is 19.4. The molecule has 4 aromatic rings. The molecule has 0 aliphatic carbocycles. The maximum Gasteiger partial charge on any atom is 0.424 e. The van der Waals surface area contributed by atoms with Crippen LogP contribution in [-0.4, -0.2) is 51.2 Å². The molecule has 9 nitrogen and oxygen atoms in total. The van der Waals surface area contributed by atoms with Crippen molar-refractivity contribution in [3.05, 3.63) is 83.7 Å². The summed E-state index contributed by atoms with van der Waals surface area (Å²) in [6.45, 7) is 0.340. The van der Waals surface area contributed by atoms with Gasteiger partial charge in [0.15, 0.2) is 0 Å². The lowest BCUT2D eigenvalue weighted by atomic mass is 9.93. The van der Waals surface area contributed by atoms with Gasteiger partial charge >= 0.3 is 6.18 Å². The number of aliphatic hydroxyl groups is 1. The average Bonchev–Trinajstić information content (AvgIpc) is 2.91. The largest absolute Gasteiger partial charge is 0.491 e. The number of pyridine rings is 1. The molecule has 1 atom stereocenters. The molecule has 4 rings (SSSR count). The Balaban J connectivity index is 1.79. The van der Waals surface area contributed by atoms with E-state index < -0.39 is 48.1 Å². The Morgan fingerprint density at radius 2 is 1.82 bits per heavy atom.